The fraction of sp³-hybridized carbons (Fsp3) is 0.625. The highest BCUT2D eigenvalue weighted by Gasteiger charge is 2.01. The molecule has 0 spiro atoms. The molecule has 0 amide bonds. The summed E-state index contributed by atoms with van der Waals surface area (Å²) >= 11 is 2.05. The van der Waals surface area contributed by atoms with Crippen LogP contribution in [-0.4, -0.2) is 17.6 Å². The van der Waals surface area contributed by atoms with Crippen molar-refractivity contribution >= 4 is 11.8 Å². The molecule has 1 rings (SSSR count). The molecule has 0 N–H and O–H groups in total. The van der Waals surface area contributed by atoms with Crippen LogP contribution in [0.1, 0.15) is 44.2 Å². The van der Waals surface area contributed by atoms with Crippen molar-refractivity contribution < 1.29 is 4.74 Å². The first-order valence-electron chi connectivity index (χ1n) is 6.92. The molecule has 102 valence electrons. The molecule has 0 aliphatic carbocycles. The number of thioether (sulfide) groups is 1. The molecular weight excluding hydrogens is 240 g/mol. The standard InChI is InChI=1S/C16H26OS/c1-13(2)18-12-7-5-6-11-17-16-10-8-9-14(3)15(16)4/h8-10,13H,5-7,11-12H2,1-4H3. The molecule has 0 aliphatic rings. The van der Waals surface area contributed by atoms with Gasteiger partial charge in [-0.2, -0.15) is 11.8 Å². The fourth-order valence-electron chi connectivity index (χ4n) is 1.76. The first kappa shape index (κ1) is 15.4. The van der Waals surface area contributed by atoms with Crippen LogP contribution in [0.25, 0.3) is 0 Å². The van der Waals surface area contributed by atoms with Crippen molar-refractivity contribution in [1.29, 1.82) is 0 Å². The van der Waals surface area contributed by atoms with Gasteiger partial charge in [0.2, 0.25) is 0 Å². The largest absolute Gasteiger partial charge is 0.493 e. The van der Waals surface area contributed by atoms with Crippen LogP contribution in [0, 0.1) is 13.8 Å². The second-order valence-corrected chi connectivity index (χ2v) is 6.71. The molecule has 0 saturated carbocycles. The first-order valence-corrected chi connectivity index (χ1v) is 7.96. The molecule has 0 unspecified atom stereocenters. The Morgan fingerprint density at radius 3 is 2.61 bits per heavy atom. The van der Waals surface area contributed by atoms with Gasteiger partial charge in [0.1, 0.15) is 5.75 Å². The van der Waals surface area contributed by atoms with Gasteiger partial charge in [-0.25, -0.2) is 0 Å². The third-order valence-corrected chi connectivity index (χ3v) is 4.24. The Morgan fingerprint density at radius 2 is 1.89 bits per heavy atom. The highest BCUT2D eigenvalue weighted by molar-refractivity contribution is 7.99. The fourth-order valence-corrected chi connectivity index (χ4v) is 2.60. The maximum absolute atomic E-state index is 5.84. The number of unbranched alkanes of at least 4 members (excludes halogenated alkanes) is 2. The summed E-state index contributed by atoms with van der Waals surface area (Å²) in [5.74, 6) is 2.33. The minimum absolute atomic E-state index is 0.760. The molecule has 0 saturated heterocycles. The van der Waals surface area contributed by atoms with Gasteiger partial charge in [-0.1, -0.05) is 26.0 Å². The third kappa shape index (κ3) is 5.81. The van der Waals surface area contributed by atoms with Gasteiger partial charge in [0.15, 0.2) is 0 Å². The van der Waals surface area contributed by atoms with E-state index < -0.39 is 0 Å². The Kier molecular flexibility index (Phi) is 7.26. The monoisotopic (exact) mass is 266 g/mol. The van der Waals surface area contributed by atoms with Gasteiger partial charge in [0.25, 0.3) is 0 Å². The molecule has 0 radical (unpaired) electrons. The zero-order chi connectivity index (χ0) is 13.4. The minimum atomic E-state index is 0.760. The van der Waals surface area contributed by atoms with Crippen molar-refractivity contribution in [2.45, 2.75) is 52.2 Å². The Labute approximate surface area is 116 Å². The van der Waals surface area contributed by atoms with E-state index >= 15 is 0 Å². The lowest BCUT2D eigenvalue weighted by molar-refractivity contribution is 0.304. The molecule has 1 nitrogen and oxygen atoms in total. The van der Waals surface area contributed by atoms with Crippen molar-refractivity contribution in [2.75, 3.05) is 12.4 Å². The lowest BCUT2D eigenvalue weighted by Crippen LogP contribution is -2.00. The number of ether oxygens (including phenoxy) is 1. The summed E-state index contributed by atoms with van der Waals surface area (Å²) in [4.78, 5) is 0. The highest BCUT2D eigenvalue weighted by Crippen LogP contribution is 2.21. The Balaban J connectivity index is 2.13. The lowest BCUT2D eigenvalue weighted by Gasteiger charge is -2.10. The van der Waals surface area contributed by atoms with E-state index in [4.69, 9.17) is 4.74 Å². The second-order valence-electron chi connectivity index (χ2n) is 5.03. The van der Waals surface area contributed by atoms with Crippen molar-refractivity contribution in [2.24, 2.45) is 0 Å². The van der Waals surface area contributed by atoms with Crippen LogP contribution in [0.15, 0.2) is 18.2 Å². The minimum Gasteiger partial charge on any atom is -0.493 e. The summed E-state index contributed by atoms with van der Waals surface area (Å²) < 4.78 is 5.84. The number of benzene rings is 1. The maximum Gasteiger partial charge on any atom is 0.122 e. The molecule has 0 aromatic heterocycles. The quantitative estimate of drug-likeness (QED) is 0.613. The van der Waals surface area contributed by atoms with E-state index in [2.05, 4.69) is 45.9 Å². The Morgan fingerprint density at radius 1 is 1.11 bits per heavy atom. The molecule has 0 aliphatic heterocycles. The number of rotatable bonds is 8. The molecule has 18 heavy (non-hydrogen) atoms. The van der Waals surface area contributed by atoms with Crippen molar-refractivity contribution in [3.8, 4) is 5.75 Å². The maximum atomic E-state index is 5.84. The highest BCUT2D eigenvalue weighted by atomic mass is 32.2. The summed E-state index contributed by atoms with van der Waals surface area (Å²) in [7, 11) is 0. The predicted octanol–water partition coefficient (Wildman–Crippen LogP) is 4.99. The Hall–Kier alpha value is -0.630. The topological polar surface area (TPSA) is 9.23 Å². The summed E-state index contributed by atoms with van der Waals surface area (Å²) in [6, 6.07) is 6.26. The van der Waals surface area contributed by atoms with E-state index in [0.717, 1.165) is 24.0 Å². The molecule has 1 aromatic rings. The predicted molar refractivity (Wildman–Crippen MR) is 82.9 cm³/mol. The molecule has 0 bridgehead atoms. The molecule has 1 aromatic carbocycles. The first-order chi connectivity index (χ1) is 8.61. The summed E-state index contributed by atoms with van der Waals surface area (Å²) in [6.45, 7) is 9.62. The van der Waals surface area contributed by atoms with E-state index in [-0.39, 0.29) is 0 Å². The van der Waals surface area contributed by atoms with Gasteiger partial charge in [0, 0.05) is 0 Å². The molecule has 0 heterocycles. The number of hydrogen-bond acceptors (Lipinski definition) is 2. The number of aryl methyl sites for hydroxylation is 1. The van der Waals surface area contributed by atoms with Crippen LogP contribution in [0.3, 0.4) is 0 Å². The van der Waals surface area contributed by atoms with Crippen LogP contribution < -0.4 is 4.74 Å². The van der Waals surface area contributed by atoms with Gasteiger partial charge in [-0.05, 0) is 61.3 Å². The van der Waals surface area contributed by atoms with Crippen molar-refractivity contribution in [3.05, 3.63) is 29.3 Å². The van der Waals surface area contributed by atoms with Gasteiger partial charge in [0.05, 0.1) is 6.61 Å². The van der Waals surface area contributed by atoms with Gasteiger partial charge in [-0.15, -0.1) is 0 Å². The average molecular weight is 266 g/mol. The second kappa shape index (κ2) is 8.47. The van der Waals surface area contributed by atoms with Gasteiger partial charge >= 0.3 is 0 Å². The van der Waals surface area contributed by atoms with Gasteiger partial charge < -0.3 is 4.74 Å². The van der Waals surface area contributed by atoms with E-state index in [9.17, 15) is 0 Å². The lowest BCUT2D eigenvalue weighted by atomic mass is 10.1. The van der Waals surface area contributed by atoms with E-state index in [1.165, 1.54) is 29.7 Å². The van der Waals surface area contributed by atoms with Crippen molar-refractivity contribution in [1.82, 2.24) is 0 Å². The summed E-state index contributed by atoms with van der Waals surface area (Å²) in [5, 5.41) is 0.760. The third-order valence-electron chi connectivity index (χ3n) is 3.05. The van der Waals surface area contributed by atoms with Crippen molar-refractivity contribution in [3.63, 3.8) is 0 Å². The zero-order valence-electron chi connectivity index (χ0n) is 12.2. The molecule has 2 heteroatoms. The van der Waals surface area contributed by atoms with E-state index in [1.54, 1.807) is 0 Å². The van der Waals surface area contributed by atoms with E-state index in [0.29, 0.717) is 0 Å². The van der Waals surface area contributed by atoms with E-state index in [1.807, 2.05) is 11.8 Å². The zero-order valence-corrected chi connectivity index (χ0v) is 13.0. The van der Waals surface area contributed by atoms with Crippen LogP contribution >= 0.6 is 11.8 Å². The number of hydrogen-bond donors (Lipinski definition) is 0. The average Bonchev–Trinajstić information content (AvgIpc) is 2.32. The smallest absolute Gasteiger partial charge is 0.122 e. The molecule has 0 fully saturated rings. The summed E-state index contributed by atoms with van der Waals surface area (Å²) in [6.07, 6.45) is 3.73. The SMILES string of the molecule is Cc1cccc(OCCCCCSC(C)C)c1C. The molecular formula is C16H26OS. The van der Waals surface area contributed by atoms with Crippen LogP contribution in [-0.2, 0) is 0 Å². The van der Waals surface area contributed by atoms with Crippen LogP contribution in [0.2, 0.25) is 0 Å². The van der Waals surface area contributed by atoms with Crippen LogP contribution in [0.4, 0.5) is 0 Å². The van der Waals surface area contributed by atoms with Crippen LogP contribution in [0.5, 0.6) is 5.75 Å². The summed E-state index contributed by atoms with van der Waals surface area (Å²) in [5.41, 5.74) is 2.58. The normalized spacial score (nSPS) is 10.9. The van der Waals surface area contributed by atoms with Gasteiger partial charge in [-0.3, -0.25) is 0 Å². The molecule has 0 atom stereocenters. The Bertz CT molecular complexity index is 347.